The smallest absolute Gasteiger partial charge is 0.268 e. The number of benzene rings is 1. The summed E-state index contributed by atoms with van der Waals surface area (Å²) >= 11 is 0. The quantitative estimate of drug-likeness (QED) is 0.942. The molecule has 0 atom stereocenters. The summed E-state index contributed by atoms with van der Waals surface area (Å²) in [5.41, 5.74) is 0.434. The molecule has 110 valence electrons. The zero-order chi connectivity index (χ0) is 15.0. The van der Waals surface area contributed by atoms with E-state index >= 15 is 0 Å². The maximum Gasteiger partial charge on any atom is 0.268 e. The van der Waals surface area contributed by atoms with Crippen molar-refractivity contribution in [2.24, 2.45) is 0 Å². The number of fused-ring (bicyclic) bond motifs is 1. The molecule has 2 aromatic rings. The van der Waals surface area contributed by atoms with E-state index in [2.05, 4.69) is 5.32 Å². The van der Waals surface area contributed by atoms with E-state index in [-0.39, 0.29) is 23.6 Å². The highest BCUT2D eigenvalue weighted by Crippen LogP contribution is 2.32. The molecule has 0 radical (unpaired) electrons. The number of carbonyl (C=O) groups is 1. The number of carbonyl (C=O) groups excluding carboxylic acids is 1. The molecule has 0 aliphatic heterocycles. The van der Waals surface area contributed by atoms with Gasteiger partial charge in [0.25, 0.3) is 11.5 Å². The van der Waals surface area contributed by atoms with Crippen LogP contribution in [0.3, 0.4) is 0 Å². The van der Waals surface area contributed by atoms with Crippen molar-refractivity contribution >= 4 is 16.7 Å². The van der Waals surface area contributed by atoms with Crippen molar-refractivity contribution in [2.75, 3.05) is 0 Å². The molecule has 1 aromatic heterocycles. The van der Waals surface area contributed by atoms with Crippen LogP contribution in [0.1, 0.15) is 49.6 Å². The van der Waals surface area contributed by atoms with E-state index < -0.39 is 0 Å². The Labute approximate surface area is 123 Å². The van der Waals surface area contributed by atoms with Crippen LogP contribution in [-0.4, -0.2) is 16.5 Å². The number of rotatable bonds is 3. The van der Waals surface area contributed by atoms with Crippen molar-refractivity contribution in [3.63, 3.8) is 0 Å². The van der Waals surface area contributed by atoms with Gasteiger partial charge in [-0.25, -0.2) is 0 Å². The second-order valence-corrected chi connectivity index (χ2v) is 6.00. The highest BCUT2D eigenvalue weighted by Gasteiger charge is 2.26. The lowest BCUT2D eigenvalue weighted by Gasteiger charge is -2.30. The van der Waals surface area contributed by atoms with E-state index in [0.29, 0.717) is 11.1 Å². The van der Waals surface area contributed by atoms with Crippen LogP contribution in [-0.2, 0) is 0 Å². The van der Waals surface area contributed by atoms with Crippen LogP contribution in [0.5, 0.6) is 0 Å². The highest BCUT2D eigenvalue weighted by atomic mass is 16.2. The Bertz CT molecular complexity index is 742. The minimum Gasteiger partial charge on any atom is -0.349 e. The Balaban J connectivity index is 2.20. The highest BCUT2D eigenvalue weighted by molar-refractivity contribution is 5.96. The lowest BCUT2D eigenvalue weighted by Crippen LogP contribution is -2.38. The molecule has 1 amide bonds. The Morgan fingerprint density at radius 3 is 2.62 bits per heavy atom. The van der Waals surface area contributed by atoms with Gasteiger partial charge in [0.1, 0.15) is 5.69 Å². The first-order valence-electron chi connectivity index (χ1n) is 7.53. The molecule has 21 heavy (non-hydrogen) atoms. The van der Waals surface area contributed by atoms with E-state index in [1.54, 1.807) is 4.57 Å². The van der Waals surface area contributed by atoms with Gasteiger partial charge in [0, 0.05) is 17.5 Å². The van der Waals surface area contributed by atoms with Gasteiger partial charge >= 0.3 is 0 Å². The molecule has 1 fully saturated rings. The lowest BCUT2D eigenvalue weighted by molar-refractivity contribution is 0.0926. The van der Waals surface area contributed by atoms with Crippen LogP contribution in [0.15, 0.2) is 35.1 Å². The third-order valence-electron chi connectivity index (χ3n) is 4.05. The molecule has 0 spiro atoms. The summed E-state index contributed by atoms with van der Waals surface area (Å²) in [6.45, 7) is 3.84. The molecule has 4 nitrogen and oxygen atoms in total. The first kappa shape index (κ1) is 13.9. The van der Waals surface area contributed by atoms with Crippen LogP contribution >= 0.6 is 0 Å². The summed E-state index contributed by atoms with van der Waals surface area (Å²) < 4.78 is 1.70. The SMILES string of the molecule is CC(C)NC(=O)c1cc2ccccc2c(=O)n1C1CCC1. The molecular formula is C17H20N2O2. The minimum absolute atomic E-state index is 0.0493. The molecule has 1 aliphatic carbocycles. The summed E-state index contributed by atoms with van der Waals surface area (Å²) in [6, 6.07) is 9.52. The van der Waals surface area contributed by atoms with E-state index in [0.717, 1.165) is 24.6 Å². The van der Waals surface area contributed by atoms with Crippen LogP contribution in [0, 0.1) is 0 Å². The topological polar surface area (TPSA) is 51.1 Å². The number of pyridine rings is 1. The van der Waals surface area contributed by atoms with Crippen molar-refractivity contribution in [2.45, 2.75) is 45.2 Å². The Morgan fingerprint density at radius 1 is 1.29 bits per heavy atom. The minimum atomic E-state index is -0.167. The van der Waals surface area contributed by atoms with Gasteiger partial charge in [-0.05, 0) is 50.6 Å². The molecule has 0 bridgehead atoms. The fourth-order valence-electron chi connectivity index (χ4n) is 2.79. The van der Waals surface area contributed by atoms with Crippen molar-refractivity contribution in [3.8, 4) is 0 Å². The number of amides is 1. The first-order chi connectivity index (χ1) is 10.1. The van der Waals surface area contributed by atoms with Gasteiger partial charge in [0.2, 0.25) is 0 Å². The van der Waals surface area contributed by atoms with Crippen molar-refractivity contribution in [1.29, 1.82) is 0 Å². The normalized spacial score (nSPS) is 15.2. The lowest BCUT2D eigenvalue weighted by atomic mass is 9.92. The molecule has 3 rings (SSSR count). The standard InChI is InChI=1S/C17H20N2O2/c1-11(2)18-16(20)15-10-12-6-3-4-9-14(12)17(21)19(15)13-7-5-8-13/h3-4,6,9-11,13H,5,7-8H2,1-2H3,(H,18,20). The van der Waals surface area contributed by atoms with Crippen molar-refractivity contribution < 1.29 is 4.79 Å². The van der Waals surface area contributed by atoms with E-state index in [4.69, 9.17) is 0 Å². The van der Waals surface area contributed by atoms with Gasteiger partial charge in [-0.3, -0.25) is 9.59 Å². The van der Waals surface area contributed by atoms with Crippen LogP contribution in [0.4, 0.5) is 0 Å². The largest absolute Gasteiger partial charge is 0.349 e. The summed E-state index contributed by atoms with van der Waals surface area (Å²) in [6.07, 6.45) is 3.07. The van der Waals surface area contributed by atoms with Gasteiger partial charge in [0.05, 0.1) is 0 Å². The first-order valence-corrected chi connectivity index (χ1v) is 7.53. The third kappa shape index (κ3) is 2.46. The van der Waals surface area contributed by atoms with E-state index in [1.807, 2.05) is 44.2 Å². The Morgan fingerprint density at radius 2 is 2.00 bits per heavy atom. The number of nitrogens with zero attached hydrogens (tertiary/aromatic N) is 1. The molecule has 1 N–H and O–H groups in total. The summed E-state index contributed by atoms with van der Waals surface area (Å²) in [7, 11) is 0. The molecule has 0 saturated heterocycles. The number of aromatic nitrogens is 1. The molecule has 0 unspecified atom stereocenters. The zero-order valence-electron chi connectivity index (χ0n) is 12.4. The Hall–Kier alpha value is -2.10. The summed E-state index contributed by atoms with van der Waals surface area (Å²) in [4.78, 5) is 25.2. The third-order valence-corrected chi connectivity index (χ3v) is 4.05. The molecular weight excluding hydrogens is 264 g/mol. The van der Waals surface area contributed by atoms with Gasteiger partial charge in [-0.15, -0.1) is 0 Å². The van der Waals surface area contributed by atoms with Crippen molar-refractivity contribution in [1.82, 2.24) is 9.88 Å². The fraction of sp³-hybridized carbons (Fsp3) is 0.412. The van der Waals surface area contributed by atoms with Gasteiger partial charge in [0.15, 0.2) is 0 Å². The second kappa shape index (κ2) is 5.35. The second-order valence-electron chi connectivity index (χ2n) is 6.00. The van der Waals surface area contributed by atoms with Crippen LogP contribution in [0.2, 0.25) is 0 Å². The fourth-order valence-corrected chi connectivity index (χ4v) is 2.79. The number of nitrogens with one attached hydrogen (secondary N) is 1. The van der Waals surface area contributed by atoms with Gasteiger partial charge in [-0.1, -0.05) is 18.2 Å². The zero-order valence-corrected chi connectivity index (χ0v) is 12.4. The monoisotopic (exact) mass is 284 g/mol. The Kier molecular flexibility index (Phi) is 3.53. The summed E-state index contributed by atoms with van der Waals surface area (Å²) in [5.74, 6) is -0.167. The average molecular weight is 284 g/mol. The molecule has 4 heteroatoms. The predicted molar refractivity (Wildman–Crippen MR) is 83.7 cm³/mol. The van der Waals surface area contributed by atoms with Crippen molar-refractivity contribution in [3.05, 3.63) is 46.4 Å². The maximum absolute atomic E-state index is 12.8. The number of hydrogen-bond acceptors (Lipinski definition) is 2. The molecule has 1 aliphatic rings. The summed E-state index contributed by atoms with van der Waals surface area (Å²) in [5, 5.41) is 4.41. The average Bonchev–Trinajstić information content (AvgIpc) is 2.39. The predicted octanol–water partition coefficient (Wildman–Crippen LogP) is 2.86. The maximum atomic E-state index is 12.8. The van der Waals surface area contributed by atoms with Crippen LogP contribution in [0.25, 0.3) is 10.8 Å². The molecule has 1 heterocycles. The van der Waals surface area contributed by atoms with Crippen LogP contribution < -0.4 is 10.9 Å². The molecule has 1 saturated carbocycles. The van der Waals surface area contributed by atoms with E-state index in [9.17, 15) is 9.59 Å². The number of hydrogen-bond donors (Lipinski definition) is 1. The van der Waals surface area contributed by atoms with E-state index in [1.165, 1.54) is 0 Å². The molecule has 1 aromatic carbocycles. The van der Waals surface area contributed by atoms with Gasteiger partial charge < -0.3 is 9.88 Å². The van der Waals surface area contributed by atoms with Gasteiger partial charge in [-0.2, -0.15) is 0 Å².